The molecule has 0 unspecified atom stereocenters. The van der Waals surface area contributed by atoms with Gasteiger partial charge in [0.15, 0.2) is 0 Å². The van der Waals surface area contributed by atoms with Crippen LogP contribution >= 0.6 is 11.8 Å². The molecule has 3 rings (SSSR count). The van der Waals surface area contributed by atoms with Gasteiger partial charge >= 0.3 is 0 Å². The molecule has 0 N–H and O–H groups in total. The Kier molecular flexibility index (Phi) is 5.19. The second-order valence-corrected chi connectivity index (χ2v) is 6.40. The molecule has 0 atom stereocenters. The Bertz CT molecular complexity index is 816. The molecule has 0 radical (unpaired) electrons. The van der Waals surface area contributed by atoms with Gasteiger partial charge in [0, 0.05) is 6.54 Å². The third kappa shape index (κ3) is 4.09. The van der Waals surface area contributed by atoms with Crippen LogP contribution in [0.3, 0.4) is 0 Å². The predicted octanol–water partition coefficient (Wildman–Crippen LogP) is 4.46. The number of hydrogen-bond acceptors (Lipinski definition) is 4. The Balaban J connectivity index is 1.64. The summed E-state index contributed by atoms with van der Waals surface area (Å²) in [4.78, 5) is 25.4. The standard InChI is InChI=1S/C19H16FNO3S/c1-2-21-18(22)17(25-19(21)23)11-13-5-9-16(10-6-13)24-12-14-3-7-15(20)8-4-14/h3-11H,2,12H2,1H3/b17-11+. The van der Waals surface area contributed by atoms with Crippen LogP contribution < -0.4 is 4.74 Å². The summed E-state index contributed by atoms with van der Waals surface area (Å²) in [6.07, 6.45) is 1.70. The van der Waals surface area contributed by atoms with Crippen molar-refractivity contribution in [3.8, 4) is 5.75 Å². The van der Waals surface area contributed by atoms with E-state index in [-0.39, 0.29) is 17.0 Å². The minimum Gasteiger partial charge on any atom is -0.489 e. The van der Waals surface area contributed by atoms with Gasteiger partial charge in [-0.2, -0.15) is 0 Å². The minimum atomic E-state index is -0.277. The number of carbonyl (C=O) groups is 2. The van der Waals surface area contributed by atoms with Crippen LogP contribution in [-0.4, -0.2) is 22.6 Å². The van der Waals surface area contributed by atoms with Crippen LogP contribution in [0.25, 0.3) is 6.08 Å². The summed E-state index contributed by atoms with van der Waals surface area (Å²) in [7, 11) is 0. The highest BCUT2D eigenvalue weighted by atomic mass is 32.2. The molecule has 1 aliphatic heterocycles. The number of carbonyl (C=O) groups excluding carboxylic acids is 2. The Morgan fingerprint density at radius 2 is 1.76 bits per heavy atom. The Morgan fingerprint density at radius 1 is 1.08 bits per heavy atom. The average molecular weight is 357 g/mol. The number of halogens is 1. The van der Waals surface area contributed by atoms with E-state index in [1.54, 1.807) is 37.3 Å². The molecule has 0 aromatic heterocycles. The van der Waals surface area contributed by atoms with Crippen molar-refractivity contribution in [3.63, 3.8) is 0 Å². The summed E-state index contributed by atoms with van der Waals surface area (Å²) in [5, 5.41) is -0.238. The van der Waals surface area contributed by atoms with Gasteiger partial charge in [-0.05, 0) is 60.2 Å². The van der Waals surface area contributed by atoms with Crippen molar-refractivity contribution in [1.82, 2.24) is 4.90 Å². The van der Waals surface area contributed by atoms with Crippen molar-refractivity contribution in [2.45, 2.75) is 13.5 Å². The lowest BCUT2D eigenvalue weighted by molar-refractivity contribution is -0.122. The van der Waals surface area contributed by atoms with E-state index >= 15 is 0 Å². The van der Waals surface area contributed by atoms with Crippen molar-refractivity contribution in [2.24, 2.45) is 0 Å². The van der Waals surface area contributed by atoms with Crippen molar-refractivity contribution >= 4 is 29.0 Å². The van der Waals surface area contributed by atoms with Gasteiger partial charge in [0.05, 0.1) is 4.91 Å². The number of nitrogens with zero attached hydrogens (tertiary/aromatic N) is 1. The Morgan fingerprint density at radius 3 is 2.36 bits per heavy atom. The molecule has 4 nitrogen and oxygen atoms in total. The molecule has 1 heterocycles. The van der Waals surface area contributed by atoms with E-state index in [4.69, 9.17) is 4.74 Å². The van der Waals surface area contributed by atoms with Crippen molar-refractivity contribution < 1.29 is 18.7 Å². The van der Waals surface area contributed by atoms with Crippen LogP contribution in [0.2, 0.25) is 0 Å². The number of amides is 2. The number of ether oxygens (including phenoxy) is 1. The molecule has 0 bridgehead atoms. The second kappa shape index (κ2) is 7.53. The lowest BCUT2D eigenvalue weighted by Crippen LogP contribution is -2.27. The summed E-state index contributed by atoms with van der Waals surface area (Å²) in [6.45, 7) is 2.49. The molecule has 1 aliphatic rings. The number of rotatable bonds is 5. The number of likely N-dealkylation sites (N-methyl/N-ethyl adjacent to an activating group) is 1. The highest BCUT2D eigenvalue weighted by molar-refractivity contribution is 8.18. The molecular weight excluding hydrogens is 341 g/mol. The second-order valence-electron chi connectivity index (χ2n) is 5.41. The normalized spacial score (nSPS) is 15.9. The molecule has 128 valence electrons. The maximum atomic E-state index is 12.9. The maximum absolute atomic E-state index is 12.9. The van der Waals surface area contributed by atoms with E-state index in [0.29, 0.717) is 23.8 Å². The number of thioether (sulfide) groups is 1. The van der Waals surface area contributed by atoms with Crippen LogP contribution in [0.4, 0.5) is 9.18 Å². The molecule has 2 aromatic carbocycles. The lowest BCUT2D eigenvalue weighted by atomic mass is 10.2. The first-order valence-electron chi connectivity index (χ1n) is 7.79. The van der Waals surface area contributed by atoms with Crippen molar-refractivity contribution in [1.29, 1.82) is 0 Å². The van der Waals surface area contributed by atoms with Gasteiger partial charge in [0.2, 0.25) is 0 Å². The smallest absolute Gasteiger partial charge is 0.293 e. The fourth-order valence-corrected chi connectivity index (χ4v) is 3.23. The largest absolute Gasteiger partial charge is 0.489 e. The molecule has 0 saturated carbocycles. The Labute approximate surface area is 149 Å². The zero-order valence-corrected chi connectivity index (χ0v) is 14.4. The highest BCUT2D eigenvalue weighted by Gasteiger charge is 2.33. The predicted molar refractivity (Wildman–Crippen MR) is 95.5 cm³/mol. The maximum Gasteiger partial charge on any atom is 0.293 e. The van der Waals surface area contributed by atoms with Crippen LogP contribution in [0.1, 0.15) is 18.1 Å². The van der Waals surface area contributed by atoms with Crippen molar-refractivity contribution in [3.05, 3.63) is 70.4 Å². The van der Waals surface area contributed by atoms with Gasteiger partial charge in [-0.25, -0.2) is 4.39 Å². The van der Waals surface area contributed by atoms with Gasteiger partial charge in [-0.15, -0.1) is 0 Å². The molecule has 0 aliphatic carbocycles. The first kappa shape index (κ1) is 17.2. The topological polar surface area (TPSA) is 46.6 Å². The lowest BCUT2D eigenvalue weighted by Gasteiger charge is -2.07. The molecular formula is C19H16FNO3S. The van der Waals surface area contributed by atoms with Crippen LogP contribution in [-0.2, 0) is 11.4 Å². The molecule has 1 saturated heterocycles. The number of hydrogen-bond donors (Lipinski definition) is 0. The van der Waals surface area contributed by atoms with Gasteiger partial charge in [0.1, 0.15) is 18.2 Å². The quantitative estimate of drug-likeness (QED) is 0.741. The Hall–Kier alpha value is -2.60. The van der Waals surface area contributed by atoms with Crippen LogP contribution in [0, 0.1) is 5.82 Å². The van der Waals surface area contributed by atoms with Gasteiger partial charge < -0.3 is 4.74 Å². The van der Waals surface area contributed by atoms with Gasteiger partial charge in [-0.1, -0.05) is 24.3 Å². The van der Waals surface area contributed by atoms with E-state index in [2.05, 4.69) is 0 Å². The fourth-order valence-electron chi connectivity index (χ4n) is 2.33. The SMILES string of the molecule is CCN1C(=O)S/C(=C/c2ccc(OCc3ccc(F)cc3)cc2)C1=O. The number of benzene rings is 2. The third-order valence-electron chi connectivity index (χ3n) is 3.69. The molecule has 1 fully saturated rings. The van der Waals surface area contributed by atoms with E-state index in [0.717, 1.165) is 22.9 Å². The summed E-state index contributed by atoms with van der Waals surface area (Å²) in [5.74, 6) is 0.137. The highest BCUT2D eigenvalue weighted by Crippen LogP contribution is 2.32. The molecule has 2 amide bonds. The van der Waals surface area contributed by atoms with E-state index < -0.39 is 0 Å². The zero-order valence-electron chi connectivity index (χ0n) is 13.6. The zero-order chi connectivity index (χ0) is 17.8. The summed E-state index contributed by atoms with van der Waals surface area (Å²) >= 11 is 0.951. The fraction of sp³-hybridized carbons (Fsp3) is 0.158. The van der Waals surface area contributed by atoms with Gasteiger partial charge in [0.25, 0.3) is 11.1 Å². The summed E-state index contributed by atoms with van der Waals surface area (Å²) in [5.41, 5.74) is 1.69. The average Bonchev–Trinajstić information content (AvgIpc) is 2.88. The van der Waals surface area contributed by atoms with Gasteiger partial charge in [-0.3, -0.25) is 14.5 Å². The van der Waals surface area contributed by atoms with E-state index in [1.165, 1.54) is 17.0 Å². The van der Waals surface area contributed by atoms with E-state index in [9.17, 15) is 14.0 Å². The van der Waals surface area contributed by atoms with Crippen LogP contribution in [0.15, 0.2) is 53.4 Å². The number of imide groups is 1. The molecule has 0 spiro atoms. The molecule has 6 heteroatoms. The minimum absolute atomic E-state index is 0.238. The molecule has 2 aromatic rings. The monoisotopic (exact) mass is 357 g/mol. The first-order chi connectivity index (χ1) is 12.1. The van der Waals surface area contributed by atoms with E-state index in [1.807, 2.05) is 12.1 Å². The summed E-state index contributed by atoms with van der Waals surface area (Å²) < 4.78 is 18.5. The molecule has 25 heavy (non-hydrogen) atoms. The van der Waals surface area contributed by atoms with Crippen LogP contribution in [0.5, 0.6) is 5.75 Å². The third-order valence-corrected chi connectivity index (χ3v) is 4.59. The summed E-state index contributed by atoms with van der Waals surface area (Å²) in [6, 6.07) is 13.4. The van der Waals surface area contributed by atoms with Crippen molar-refractivity contribution in [2.75, 3.05) is 6.54 Å². The first-order valence-corrected chi connectivity index (χ1v) is 8.61.